The van der Waals surface area contributed by atoms with Crippen molar-refractivity contribution in [1.29, 1.82) is 0 Å². The lowest BCUT2D eigenvalue weighted by Gasteiger charge is -2.15. The van der Waals surface area contributed by atoms with Gasteiger partial charge in [0.1, 0.15) is 0 Å². The van der Waals surface area contributed by atoms with Crippen LogP contribution in [0.15, 0.2) is 30.3 Å². The van der Waals surface area contributed by atoms with Crippen LogP contribution < -0.4 is 5.73 Å². The van der Waals surface area contributed by atoms with Gasteiger partial charge in [0.2, 0.25) is 0 Å². The first-order chi connectivity index (χ1) is 12.8. The summed E-state index contributed by atoms with van der Waals surface area (Å²) in [6, 6.07) is 2.17. The normalized spacial score (nSPS) is 14.2. The van der Waals surface area contributed by atoms with Crippen LogP contribution >= 0.6 is 0 Å². The summed E-state index contributed by atoms with van der Waals surface area (Å²) < 4.78 is 7.45. The van der Waals surface area contributed by atoms with E-state index < -0.39 is 0 Å². The maximum absolute atomic E-state index is 9.58. The number of methoxy groups -OCH3 is 1. The van der Waals surface area contributed by atoms with Crippen LogP contribution in [0.5, 0.6) is 0 Å². The van der Waals surface area contributed by atoms with Crippen molar-refractivity contribution in [1.82, 2.24) is 9.55 Å². The maximum Gasteiger partial charge on any atom is 0.193 e. The minimum atomic E-state index is 0.00329. The quantitative estimate of drug-likeness (QED) is 0.535. The monoisotopic (exact) mass is 371 g/mol. The van der Waals surface area contributed by atoms with Crippen molar-refractivity contribution in [3.8, 4) is 0 Å². The molecule has 2 rings (SSSR count). The van der Waals surface area contributed by atoms with Crippen LogP contribution in [0.25, 0.3) is 16.6 Å². The number of aliphatic hydroxyl groups is 1. The van der Waals surface area contributed by atoms with E-state index in [0.29, 0.717) is 11.8 Å². The van der Waals surface area contributed by atoms with Crippen LogP contribution in [0.1, 0.15) is 57.0 Å². The minimum absolute atomic E-state index is 0.00329. The highest BCUT2D eigenvalue weighted by atomic mass is 16.5. The Morgan fingerprint density at radius 3 is 2.63 bits per heavy atom. The van der Waals surface area contributed by atoms with Crippen LogP contribution in [0.3, 0.4) is 0 Å². The predicted octanol–water partition coefficient (Wildman–Crippen LogP) is 4.34. The topological polar surface area (TPSA) is 73.3 Å². The van der Waals surface area contributed by atoms with E-state index in [1.54, 1.807) is 7.11 Å². The van der Waals surface area contributed by atoms with E-state index in [0.717, 1.165) is 46.3 Å². The summed E-state index contributed by atoms with van der Waals surface area (Å²) in [4.78, 5) is 4.98. The fourth-order valence-electron chi connectivity index (χ4n) is 3.17. The van der Waals surface area contributed by atoms with Crippen molar-refractivity contribution in [3.63, 3.8) is 0 Å². The molecule has 0 bridgehead atoms. The molecule has 1 unspecified atom stereocenters. The van der Waals surface area contributed by atoms with Gasteiger partial charge in [-0.1, -0.05) is 32.9 Å². The molecule has 0 aromatic carbocycles. The first-order valence-corrected chi connectivity index (χ1v) is 9.66. The number of nitrogens with zero attached hydrogens (tertiary/aromatic N) is 2. The molecule has 148 valence electrons. The Balaban J connectivity index is 2.68. The van der Waals surface area contributed by atoms with Crippen LogP contribution in [0.4, 0.5) is 0 Å². The third-order valence-electron chi connectivity index (χ3n) is 4.82. The highest BCUT2D eigenvalue weighted by Gasteiger charge is 2.18. The molecule has 2 aromatic rings. The van der Waals surface area contributed by atoms with Crippen LogP contribution in [-0.2, 0) is 11.2 Å². The Morgan fingerprint density at radius 1 is 1.37 bits per heavy atom. The molecular formula is C22H33N3O2. The first-order valence-electron chi connectivity index (χ1n) is 9.66. The molecule has 0 fully saturated rings. The van der Waals surface area contributed by atoms with Crippen LogP contribution in [0, 0.1) is 12.8 Å². The lowest BCUT2D eigenvalue weighted by Crippen LogP contribution is -2.09. The Bertz CT molecular complexity index is 847. The highest BCUT2D eigenvalue weighted by Crippen LogP contribution is 2.29. The van der Waals surface area contributed by atoms with Crippen molar-refractivity contribution in [2.45, 2.75) is 53.5 Å². The number of rotatable bonds is 8. The summed E-state index contributed by atoms with van der Waals surface area (Å²) >= 11 is 0. The van der Waals surface area contributed by atoms with Crippen molar-refractivity contribution in [2.75, 3.05) is 13.7 Å². The minimum Gasteiger partial charge on any atom is -0.482 e. The number of pyridine rings is 1. The third-order valence-corrected chi connectivity index (χ3v) is 4.82. The molecule has 5 heteroatoms. The van der Waals surface area contributed by atoms with Gasteiger partial charge in [-0.2, -0.15) is 0 Å². The predicted molar refractivity (Wildman–Crippen MR) is 112 cm³/mol. The van der Waals surface area contributed by atoms with Gasteiger partial charge in [0.05, 0.1) is 42.1 Å². The van der Waals surface area contributed by atoms with Gasteiger partial charge in [0, 0.05) is 6.20 Å². The second-order valence-corrected chi connectivity index (χ2v) is 7.48. The van der Waals surface area contributed by atoms with E-state index in [1.165, 1.54) is 0 Å². The number of hydrogen-bond donors (Lipinski definition) is 2. The number of fused-ring (bicyclic) bond motifs is 1. The van der Waals surface area contributed by atoms with E-state index >= 15 is 0 Å². The molecule has 0 aliphatic carbocycles. The molecule has 1 atom stereocenters. The second kappa shape index (κ2) is 9.09. The Hall–Kier alpha value is -2.27. The van der Waals surface area contributed by atoms with Crippen molar-refractivity contribution >= 4 is 16.6 Å². The van der Waals surface area contributed by atoms with Gasteiger partial charge in [-0.15, -0.1) is 0 Å². The number of ether oxygens (including phenoxy) is 1. The van der Waals surface area contributed by atoms with Crippen LogP contribution in [0.2, 0.25) is 0 Å². The molecule has 0 saturated carbocycles. The zero-order valence-corrected chi connectivity index (χ0v) is 17.4. The molecule has 27 heavy (non-hydrogen) atoms. The zero-order valence-electron chi connectivity index (χ0n) is 17.4. The molecule has 2 aromatic heterocycles. The molecule has 0 aliphatic heterocycles. The summed E-state index contributed by atoms with van der Waals surface area (Å²) in [5.74, 6) is 0.945. The van der Waals surface area contributed by atoms with Gasteiger partial charge in [-0.25, -0.2) is 4.98 Å². The average Bonchev–Trinajstić information content (AvgIpc) is 2.98. The largest absolute Gasteiger partial charge is 0.482 e. The standard InChI is InChI=1S/C22H33N3O2/c1-7-17-11-19-20(15(4)12-25(19)16(5)13-26)24-21(17)18(22(23)27-6)10-8-9-14(2)3/h8,10-12,14,16,26H,7,9,13,23H2,1-6H3/b10-8-,22-18-. The van der Waals surface area contributed by atoms with Gasteiger partial charge < -0.3 is 20.1 Å². The van der Waals surface area contributed by atoms with E-state index in [1.807, 2.05) is 19.9 Å². The van der Waals surface area contributed by atoms with Gasteiger partial charge in [-0.3, -0.25) is 0 Å². The molecule has 0 amide bonds. The van der Waals surface area contributed by atoms with Gasteiger partial charge in [0.15, 0.2) is 5.88 Å². The Kier molecular flexibility index (Phi) is 7.08. The SMILES string of the molecule is CCc1cc2c(nc1C(/C=C\CC(C)C)=C(/N)OC)c(C)cn2C(C)CO. The summed E-state index contributed by atoms with van der Waals surface area (Å²) in [5.41, 5.74) is 12.0. The third kappa shape index (κ3) is 4.53. The summed E-state index contributed by atoms with van der Waals surface area (Å²) in [5, 5.41) is 9.58. The Morgan fingerprint density at radius 2 is 2.07 bits per heavy atom. The summed E-state index contributed by atoms with van der Waals surface area (Å²) in [7, 11) is 1.58. The second-order valence-electron chi connectivity index (χ2n) is 7.48. The number of nitrogens with two attached hydrogens (primary N) is 1. The fourth-order valence-corrected chi connectivity index (χ4v) is 3.17. The molecular weight excluding hydrogens is 338 g/mol. The average molecular weight is 372 g/mol. The fraction of sp³-hybridized carbons (Fsp3) is 0.500. The number of hydrogen-bond acceptors (Lipinski definition) is 4. The van der Waals surface area contributed by atoms with E-state index in [9.17, 15) is 5.11 Å². The lowest BCUT2D eigenvalue weighted by molar-refractivity contribution is 0.241. The summed E-state index contributed by atoms with van der Waals surface area (Å²) in [6.45, 7) is 10.6. The first kappa shape index (κ1) is 21.0. The molecule has 0 saturated heterocycles. The van der Waals surface area contributed by atoms with Crippen molar-refractivity contribution < 1.29 is 9.84 Å². The molecule has 0 spiro atoms. The maximum atomic E-state index is 9.58. The Labute approximate surface area is 162 Å². The van der Waals surface area contributed by atoms with Gasteiger partial charge in [-0.05, 0) is 49.8 Å². The van der Waals surface area contributed by atoms with E-state index in [2.05, 4.69) is 43.7 Å². The van der Waals surface area contributed by atoms with Crippen molar-refractivity contribution in [2.24, 2.45) is 11.7 Å². The van der Waals surface area contributed by atoms with Crippen molar-refractivity contribution in [3.05, 3.63) is 47.1 Å². The number of aromatic nitrogens is 2. The number of aryl methyl sites for hydroxylation is 2. The smallest absolute Gasteiger partial charge is 0.193 e. The molecule has 0 aliphatic rings. The zero-order chi connectivity index (χ0) is 20.1. The lowest BCUT2D eigenvalue weighted by atomic mass is 10.0. The molecule has 0 radical (unpaired) electrons. The molecule has 3 N–H and O–H groups in total. The van der Waals surface area contributed by atoms with Crippen LogP contribution in [-0.4, -0.2) is 28.4 Å². The molecule has 5 nitrogen and oxygen atoms in total. The molecule has 2 heterocycles. The highest BCUT2D eigenvalue weighted by molar-refractivity contribution is 5.85. The number of aliphatic hydroxyl groups excluding tert-OH is 1. The number of allylic oxidation sites excluding steroid dienone is 3. The van der Waals surface area contributed by atoms with E-state index in [-0.39, 0.29) is 12.6 Å². The van der Waals surface area contributed by atoms with Gasteiger partial charge in [0.25, 0.3) is 0 Å². The van der Waals surface area contributed by atoms with E-state index in [4.69, 9.17) is 15.5 Å². The van der Waals surface area contributed by atoms with Gasteiger partial charge >= 0.3 is 0 Å². The summed E-state index contributed by atoms with van der Waals surface area (Å²) in [6.07, 6.45) is 8.00.